The number of aromatic nitrogens is 2. The topological polar surface area (TPSA) is 124 Å². The monoisotopic (exact) mass is 432 g/mol. The Morgan fingerprint density at radius 1 is 1.28 bits per heavy atom. The summed E-state index contributed by atoms with van der Waals surface area (Å²) in [6.45, 7) is -0.560. The number of pyridine rings is 1. The van der Waals surface area contributed by atoms with E-state index < -0.39 is 23.4 Å². The molecule has 0 saturated heterocycles. The number of amides is 1. The van der Waals surface area contributed by atoms with Gasteiger partial charge in [-0.05, 0) is 18.2 Å². The Kier molecular flexibility index (Phi) is 6.47. The highest BCUT2D eigenvalue weighted by Crippen LogP contribution is 2.26. The van der Waals surface area contributed by atoms with E-state index in [1.807, 2.05) is 12.1 Å². The molecule has 3 rings (SSSR count). The fraction of sp³-hybridized carbons (Fsp3) is 0.111. The van der Waals surface area contributed by atoms with Crippen molar-refractivity contribution in [3.8, 4) is 10.7 Å². The van der Waals surface area contributed by atoms with Crippen LogP contribution < -0.4 is 5.32 Å². The molecule has 0 spiro atoms. The first-order valence-electron chi connectivity index (χ1n) is 8.17. The van der Waals surface area contributed by atoms with Crippen molar-refractivity contribution < 1.29 is 19.2 Å². The highest BCUT2D eigenvalue weighted by atomic mass is 35.5. The van der Waals surface area contributed by atoms with Gasteiger partial charge in [-0.2, -0.15) is 0 Å². The first-order chi connectivity index (χ1) is 13.9. The molecule has 1 aromatic carbocycles. The van der Waals surface area contributed by atoms with Gasteiger partial charge >= 0.3 is 5.97 Å². The van der Waals surface area contributed by atoms with Crippen molar-refractivity contribution in [1.29, 1.82) is 0 Å². The van der Waals surface area contributed by atoms with Crippen molar-refractivity contribution in [3.05, 3.63) is 68.8 Å². The van der Waals surface area contributed by atoms with Gasteiger partial charge in [0.1, 0.15) is 5.01 Å². The summed E-state index contributed by atoms with van der Waals surface area (Å²) in [4.78, 5) is 42.6. The number of hydrogen-bond acceptors (Lipinski definition) is 8. The number of thiazole rings is 1. The van der Waals surface area contributed by atoms with Gasteiger partial charge in [0.05, 0.1) is 33.4 Å². The van der Waals surface area contributed by atoms with Crippen LogP contribution in [0.1, 0.15) is 5.69 Å². The van der Waals surface area contributed by atoms with Gasteiger partial charge in [0, 0.05) is 23.7 Å². The predicted octanol–water partition coefficient (Wildman–Crippen LogP) is 3.49. The molecule has 0 unspecified atom stereocenters. The van der Waals surface area contributed by atoms with Gasteiger partial charge in [0.25, 0.3) is 11.6 Å². The lowest BCUT2D eigenvalue weighted by Gasteiger charge is -2.07. The number of nitro groups is 1. The Hall–Kier alpha value is -3.37. The number of benzene rings is 1. The van der Waals surface area contributed by atoms with E-state index in [1.165, 1.54) is 23.5 Å². The summed E-state index contributed by atoms with van der Waals surface area (Å²) in [5.74, 6) is -1.31. The summed E-state index contributed by atoms with van der Waals surface area (Å²) in [5.41, 5.74) is 1.03. The van der Waals surface area contributed by atoms with Crippen molar-refractivity contribution in [2.45, 2.75) is 6.42 Å². The zero-order valence-corrected chi connectivity index (χ0v) is 16.3. The molecule has 3 aromatic rings. The van der Waals surface area contributed by atoms with E-state index in [0.29, 0.717) is 16.4 Å². The second-order valence-electron chi connectivity index (χ2n) is 5.67. The summed E-state index contributed by atoms with van der Waals surface area (Å²) < 4.78 is 4.93. The summed E-state index contributed by atoms with van der Waals surface area (Å²) >= 11 is 7.26. The molecule has 0 aliphatic carbocycles. The number of anilines is 1. The number of esters is 1. The number of hydrogen-bond donors (Lipinski definition) is 1. The number of nitrogens with zero attached hydrogens (tertiary/aromatic N) is 3. The fourth-order valence-corrected chi connectivity index (χ4v) is 3.21. The van der Waals surface area contributed by atoms with Gasteiger partial charge in [-0.25, -0.2) is 4.98 Å². The lowest BCUT2D eigenvalue weighted by atomic mass is 10.3. The molecule has 29 heavy (non-hydrogen) atoms. The highest BCUT2D eigenvalue weighted by Gasteiger charge is 2.15. The molecular weight excluding hydrogens is 420 g/mol. The Bertz CT molecular complexity index is 1060. The number of carbonyl (C=O) groups excluding carboxylic acids is 2. The van der Waals surface area contributed by atoms with Gasteiger partial charge in [-0.1, -0.05) is 17.7 Å². The SMILES string of the molecule is O=C(COC(=O)Cc1csc(-c2ccccn2)n1)Nc1cc([N+](=O)[O-])ccc1Cl. The number of rotatable bonds is 7. The molecule has 148 valence electrons. The van der Waals surface area contributed by atoms with E-state index in [1.54, 1.807) is 17.6 Å². The van der Waals surface area contributed by atoms with Crippen LogP contribution in [0.15, 0.2) is 48.0 Å². The number of non-ortho nitro benzene ring substituents is 1. The quantitative estimate of drug-likeness (QED) is 0.344. The van der Waals surface area contributed by atoms with Crippen LogP contribution in [-0.4, -0.2) is 33.4 Å². The number of nitrogens with one attached hydrogen (secondary N) is 1. The summed E-state index contributed by atoms with van der Waals surface area (Å²) in [7, 11) is 0. The van der Waals surface area contributed by atoms with Crippen molar-refractivity contribution >= 4 is 46.2 Å². The average Bonchev–Trinajstić information content (AvgIpc) is 3.17. The zero-order chi connectivity index (χ0) is 20.8. The Labute approximate surface area is 173 Å². The standard InChI is InChI=1S/C18H13ClN4O5S/c19-13-5-4-12(23(26)27)8-15(13)22-16(24)9-28-17(25)7-11-10-29-18(21-11)14-3-1-2-6-20-14/h1-6,8,10H,7,9H2,(H,22,24). The fourth-order valence-electron chi connectivity index (χ4n) is 2.25. The lowest BCUT2D eigenvalue weighted by molar-refractivity contribution is -0.384. The lowest BCUT2D eigenvalue weighted by Crippen LogP contribution is -2.22. The third-order valence-corrected chi connectivity index (χ3v) is 4.80. The van der Waals surface area contributed by atoms with Gasteiger partial charge in [0.15, 0.2) is 6.61 Å². The largest absolute Gasteiger partial charge is 0.455 e. The minimum atomic E-state index is -0.673. The summed E-state index contributed by atoms with van der Waals surface area (Å²) in [5, 5.41) is 15.7. The van der Waals surface area contributed by atoms with E-state index in [9.17, 15) is 19.7 Å². The van der Waals surface area contributed by atoms with Crippen LogP contribution in [0.25, 0.3) is 10.7 Å². The molecule has 0 aliphatic heterocycles. The number of nitro benzene ring substituents is 1. The van der Waals surface area contributed by atoms with Gasteiger partial charge in [-0.3, -0.25) is 24.7 Å². The van der Waals surface area contributed by atoms with E-state index in [4.69, 9.17) is 16.3 Å². The van der Waals surface area contributed by atoms with Gasteiger partial charge in [0.2, 0.25) is 0 Å². The van der Waals surface area contributed by atoms with E-state index in [-0.39, 0.29) is 22.8 Å². The van der Waals surface area contributed by atoms with Crippen molar-refractivity contribution in [2.24, 2.45) is 0 Å². The van der Waals surface area contributed by atoms with Crippen LogP contribution in [0.2, 0.25) is 5.02 Å². The maximum atomic E-state index is 12.0. The van der Waals surface area contributed by atoms with Crippen molar-refractivity contribution in [3.63, 3.8) is 0 Å². The van der Waals surface area contributed by atoms with Crippen LogP contribution in [0.4, 0.5) is 11.4 Å². The number of halogens is 1. The van der Waals surface area contributed by atoms with Crippen LogP contribution in [-0.2, 0) is 20.7 Å². The van der Waals surface area contributed by atoms with Gasteiger partial charge in [-0.15, -0.1) is 11.3 Å². The maximum Gasteiger partial charge on any atom is 0.312 e. The van der Waals surface area contributed by atoms with Crippen LogP contribution in [0, 0.1) is 10.1 Å². The Morgan fingerprint density at radius 2 is 2.10 bits per heavy atom. The molecule has 11 heteroatoms. The van der Waals surface area contributed by atoms with E-state index >= 15 is 0 Å². The average molecular weight is 433 g/mol. The second-order valence-corrected chi connectivity index (χ2v) is 6.93. The normalized spacial score (nSPS) is 10.4. The smallest absolute Gasteiger partial charge is 0.312 e. The molecule has 0 radical (unpaired) electrons. The molecular formula is C18H13ClN4O5S. The predicted molar refractivity (Wildman–Crippen MR) is 107 cm³/mol. The molecule has 2 heterocycles. The first-order valence-corrected chi connectivity index (χ1v) is 9.43. The van der Waals surface area contributed by atoms with Gasteiger partial charge < -0.3 is 10.1 Å². The summed E-state index contributed by atoms with van der Waals surface area (Å²) in [6.07, 6.45) is 1.55. The molecule has 0 bridgehead atoms. The molecule has 1 N–H and O–H groups in total. The molecule has 1 amide bonds. The Morgan fingerprint density at radius 3 is 2.83 bits per heavy atom. The molecule has 0 aliphatic rings. The number of ether oxygens (including phenoxy) is 1. The van der Waals surface area contributed by atoms with E-state index in [0.717, 1.165) is 6.07 Å². The minimum absolute atomic E-state index is 0.0569. The first kappa shape index (κ1) is 20.4. The van der Waals surface area contributed by atoms with Crippen molar-refractivity contribution in [2.75, 3.05) is 11.9 Å². The van der Waals surface area contributed by atoms with E-state index in [2.05, 4.69) is 15.3 Å². The van der Waals surface area contributed by atoms with Crippen LogP contribution >= 0.6 is 22.9 Å². The molecule has 0 saturated carbocycles. The maximum absolute atomic E-state index is 12.0. The molecule has 9 nitrogen and oxygen atoms in total. The van der Waals surface area contributed by atoms with Crippen LogP contribution in [0.3, 0.4) is 0 Å². The third-order valence-electron chi connectivity index (χ3n) is 3.56. The third kappa shape index (κ3) is 5.56. The minimum Gasteiger partial charge on any atom is -0.455 e. The Balaban J connectivity index is 1.52. The summed E-state index contributed by atoms with van der Waals surface area (Å²) in [6, 6.07) is 9.07. The molecule has 2 aromatic heterocycles. The van der Waals surface area contributed by atoms with Crippen molar-refractivity contribution in [1.82, 2.24) is 9.97 Å². The molecule has 0 atom stereocenters. The number of carbonyl (C=O) groups is 2. The molecule has 0 fully saturated rings. The zero-order valence-electron chi connectivity index (χ0n) is 14.7. The second kappa shape index (κ2) is 9.22. The van der Waals surface area contributed by atoms with Crippen LogP contribution in [0.5, 0.6) is 0 Å². The highest BCUT2D eigenvalue weighted by molar-refractivity contribution is 7.13.